The van der Waals surface area contributed by atoms with Gasteiger partial charge in [0.1, 0.15) is 5.82 Å². The van der Waals surface area contributed by atoms with E-state index in [1.165, 1.54) is 6.26 Å². The fourth-order valence-electron chi connectivity index (χ4n) is 3.28. The van der Waals surface area contributed by atoms with E-state index in [0.717, 1.165) is 28.2 Å². The van der Waals surface area contributed by atoms with Crippen molar-refractivity contribution in [3.05, 3.63) is 101 Å². The molecule has 0 saturated heterocycles. The molecule has 0 radical (unpaired) electrons. The van der Waals surface area contributed by atoms with Crippen molar-refractivity contribution in [1.82, 2.24) is 9.55 Å². The second kappa shape index (κ2) is 8.26. The molecule has 1 heterocycles. The first-order chi connectivity index (χ1) is 14.3. The Hall–Kier alpha value is -2.60. The van der Waals surface area contributed by atoms with Gasteiger partial charge >= 0.3 is 0 Å². The molecule has 0 amide bonds. The molecule has 0 aliphatic rings. The quantitative estimate of drug-likeness (QED) is 0.378. The predicted molar refractivity (Wildman–Crippen MR) is 121 cm³/mol. The molecule has 1 aromatic heterocycles. The molecule has 7 heteroatoms. The Morgan fingerprint density at radius 1 is 0.933 bits per heavy atom. The molecule has 0 bridgehead atoms. The van der Waals surface area contributed by atoms with E-state index < -0.39 is 9.84 Å². The summed E-state index contributed by atoms with van der Waals surface area (Å²) in [7, 11) is -3.25. The molecule has 0 unspecified atom stereocenters. The van der Waals surface area contributed by atoms with Crippen LogP contribution in [0, 0.1) is 0 Å². The van der Waals surface area contributed by atoms with Gasteiger partial charge in [0.2, 0.25) is 0 Å². The third kappa shape index (κ3) is 4.29. The molecule has 0 N–H and O–H groups in total. The number of aromatic nitrogens is 2. The monoisotopic (exact) mass is 456 g/mol. The fraction of sp³-hybridized carbons (Fsp3) is 0.0870. The van der Waals surface area contributed by atoms with Crippen LogP contribution in [0.3, 0.4) is 0 Å². The smallest absolute Gasteiger partial charge is 0.175 e. The van der Waals surface area contributed by atoms with Gasteiger partial charge in [0, 0.05) is 30.8 Å². The standard InChI is InChI=1S/C23H18Cl2N2O2S/c1-30(28,29)20-6-2-4-17(14-20)16-8-10-19(11-9-16)27-13-12-26-22(27)15-18-5-3-7-21(24)23(18)25/h2-14H,15H2,1H3. The number of hydrogen-bond donors (Lipinski definition) is 0. The number of halogens is 2. The lowest BCUT2D eigenvalue weighted by atomic mass is 10.1. The highest BCUT2D eigenvalue weighted by atomic mass is 35.5. The van der Waals surface area contributed by atoms with Gasteiger partial charge in [-0.2, -0.15) is 0 Å². The van der Waals surface area contributed by atoms with E-state index in [1.54, 1.807) is 30.5 Å². The van der Waals surface area contributed by atoms with Crippen LogP contribution >= 0.6 is 23.2 Å². The van der Waals surface area contributed by atoms with Crippen molar-refractivity contribution in [1.29, 1.82) is 0 Å². The lowest BCUT2D eigenvalue weighted by Gasteiger charge is -2.11. The molecule has 152 valence electrons. The molecule has 0 aliphatic carbocycles. The minimum Gasteiger partial charge on any atom is -0.303 e. The molecular formula is C23H18Cl2N2O2S. The number of hydrogen-bond acceptors (Lipinski definition) is 3. The van der Waals surface area contributed by atoms with Crippen molar-refractivity contribution in [2.75, 3.05) is 6.26 Å². The maximum Gasteiger partial charge on any atom is 0.175 e. The second-order valence-corrected chi connectivity index (χ2v) is 9.75. The zero-order valence-electron chi connectivity index (χ0n) is 16.1. The molecule has 0 atom stereocenters. The first kappa shape index (κ1) is 20.7. The van der Waals surface area contributed by atoms with Gasteiger partial charge in [0.25, 0.3) is 0 Å². The van der Waals surface area contributed by atoms with Gasteiger partial charge < -0.3 is 4.57 Å². The third-order valence-corrected chi connectivity index (χ3v) is 6.81. The Morgan fingerprint density at radius 2 is 1.67 bits per heavy atom. The number of imidazole rings is 1. The van der Waals surface area contributed by atoms with Crippen LogP contribution in [0.5, 0.6) is 0 Å². The van der Waals surface area contributed by atoms with E-state index >= 15 is 0 Å². The Labute approximate surface area is 185 Å². The lowest BCUT2D eigenvalue weighted by Crippen LogP contribution is -2.02. The van der Waals surface area contributed by atoms with Gasteiger partial charge in [-0.1, -0.05) is 59.6 Å². The summed E-state index contributed by atoms with van der Waals surface area (Å²) in [6, 6.07) is 20.4. The van der Waals surface area contributed by atoms with E-state index in [4.69, 9.17) is 23.2 Å². The molecule has 0 spiro atoms. The highest BCUT2D eigenvalue weighted by Crippen LogP contribution is 2.28. The molecule has 0 saturated carbocycles. The average Bonchev–Trinajstić information content (AvgIpc) is 3.19. The molecule has 4 aromatic rings. The summed E-state index contributed by atoms with van der Waals surface area (Å²) in [5.74, 6) is 0.839. The van der Waals surface area contributed by atoms with Crippen molar-refractivity contribution >= 4 is 33.0 Å². The minimum atomic E-state index is -3.25. The van der Waals surface area contributed by atoms with Crippen LogP contribution in [0.4, 0.5) is 0 Å². The molecule has 0 aliphatic heterocycles. The van der Waals surface area contributed by atoms with Crippen LogP contribution in [0.15, 0.2) is 84.0 Å². The van der Waals surface area contributed by atoms with Gasteiger partial charge in [0.05, 0.1) is 14.9 Å². The molecule has 30 heavy (non-hydrogen) atoms. The summed E-state index contributed by atoms with van der Waals surface area (Å²) < 4.78 is 25.7. The maximum atomic E-state index is 11.8. The summed E-state index contributed by atoms with van der Waals surface area (Å²) in [5.41, 5.74) is 3.64. The van der Waals surface area contributed by atoms with Crippen LogP contribution in [-0.2, 0) is 16.3 Å². The molecular weight excluding hydrogens is 439 g/mol. The van der Waals surface area contributed by atoms with Gasteiger partial charge in [-0.15, -0.1) is 0 Å². The molecule has 4 nitrogen and oxygen atoms in total. The average molecular weight is 457 g/mol. The molecule has 3 aromatic carbocycles. The fourth-order valence-corrected chi connectivity index (χ4v) is 4.33. The SMILES string of the molecule is CS(=O)(=O)c1cccc(-c2ccc(-n3ccnc3Cc3cccc(Cl)c3Cl)cc2)c1. The van der Waals surface area contributed by atoms with Crippen molar-refractivity contribution in [3.63, 3.8) is 0 Å². The van der Waals surface area contributed by atoms with Crippen LogP contribution in [0.25, 0.3) is 16.8 Å². The number of sulfone groups is 1. The van der Waals surface area contributed by atoms with Crippen LogP contribution in [0.2, 0.25) is 10.0 Å². The summed E-state index contributed by atoms with van der Waals surface area (Å²) in [5, 5.41) is 1.06. The summed E-state index contributed by atoms with van der Waals surface area (Å²) in [6.45, 7) is 0. The van der Waals surface area contributed by atoms with Crippen molar-refractivity contribution in [2.45, 2.75) is 11.3 Å². The van der Waals surface area contributed by atoms with Crippen molar-refractivity contribution < 1.29 is 8.42 Å². The lowest BCUT2D eigenvalue weighted by molar-refractivity contribution is 0.602. The Balaban J connectivity index is 1.63. The van der Waals surface area contributed by atoms with Gasteiger partial charge in [-0.3, -0.25) is 0 Å². The Kier molecular flexibility index (Phi) is 5.69. The Bertz CT molecular complexity index is 1310. The predicted octanol–water partition coefficient (Wildman–Crippen LogP) is 5.84. The normalized spacial score (nSPS) is 11.6. The highest BCUT2D eigenvalue weighted by Gasteiger charge is 2.12. The van der Waals surface area contributed by atoms with Crippen molar-refractivity contribution in [2.24, 2.45) is 0 Å². The first-order valence-electron chi connectivity index (χ1n) is 9.19. The summed E-state index contributed by atoms with van der Waals surface area (Å²) >= 11 is 12.5. The van der Waals surface area contributed by atoms with E-state index in [-0.39, 0.29) is 0 Å². The zero-order chi connectivity index (χ0) is 21.3. The first-order valence-corrected chi connectivity index (χ1v) is 11.8. The van der Waals surface area contributed by atoms with Gasteiger partial charge in [0.15, 0.2) is 9.84 Å². The van der Waals surface area contributed by atoms with Gasteiger partial charge in [-0.05, 0) is 47.0 Å². The van der Waals surface area contributed by atoms with E-state index in [0.29, 0.717) is 21.4 Å². The highest BCUT2D eigenvalue weighted by molar-refractivity contribution is 7.90. The van der Waals surface area contributed by atoms with Crippen molar-refractivity contribution in [3.8, 4) is 16.8 Å². The van der Waals surface area contributed by atoms with E-state index in [9.17, 15) is 8.42 Å². The van der Waals surface area contributed by atoms with Crippen LogP contribution in [0.1, 0.15) is 11.4 Å². The number of nitrogens with zero attached hydrogens (tertiary/aromatic N) is 2. The second-order valence-electron chi connectivity index (χ2n) is 6.95. The molecule has 0 fully saturated rings. The summed E-state index contributed by atoms with van der Waals surface area (Å²) in [4.78, 5) is 4.78. The van der Waals surface area contributed by atoms with E-state index in [2.05, 4.69) is 4.98 Å². The van der Waals surface area contributed by atoms with Crippen LogP contribution in [-0.4, -0.2) is 24.2 Å². The maximum absolute atomic E-state index is 11.8. The minimum absolute atomic E-state index is 0.305. The number of rotatable bonds is 5. The summed E-state index contributed by atoms with van der Waals surface area (Å²) in [6.07, 6.45) is 5.40. The Morgan fingerprint density at radius 3 is 2.40 bits per heavy atom. The van der Waals surface area contributed by atoms with Gasteiger partial charge in [-0.25, -0.2) is 13.4 Å². The molecule has 4 rings (SSSR count). The van der Waals surface area contributed by atoms with E-state index in [1.807, 2.05) is 53.2 Å². The number of benzene rings is 3. The topological polar surface area (TPSA) is 52.0 Å². The third-order valence-electron chi connectivity index (χ3n) is 4.84. The largest absolute Gasteiger partial charge is 0.303 e. The zero-order valence-corrected chi connectivity index (χ0v) is 18.4. The van der Waals surface area contributed by atoms with Crippen LogP contribution < -0.4 is 0 Å².